The van der Waals surface area contributed by atoms with Crippen LogP contribution in [0.2, 0.25) is 0 Å². The summed E-state index contributed by atoms with van der Waals surface area (Å²) in [6.07, 6.45) is 5.11. The molecule has 0 heterocycles. The molecule has 0 spiro atoms. The Kier molecular flexibility index (Phi) is 3.27. The lowest BCUT2D eigenvalue weighted by molar-refractivity contribution is 0.480. The molecule has 2 saturated carbocycles. The van der Waals surface area contributed by atoms with Gasteiger partial charge in [0.05, 0.1) is 0 Å². The molecule has 0 aromatic heterocycles. The molecule has 2 bridgehead atoms. The zero-order valence-corrected chi connectivity index (χ0v) is 13.1. The highest BCUT2D eigenvalue weighted by molar-refractivity contribution is 7.79. The Hall–Kier alpha value is -1.33. The van der Waals surface area contributed by atoms with Gasteiger partial charge in [-0.1, -0.05) is 60.7 Å². The van der Waals surface area contributed by atoms with Gasteiger partial charge in [-0.05, 0) is 37.5 Å². The van der Waals surface area contributed by atoms with Crippen molar-refractivity contribution >= 4 is 17.8 Å². The number of hydrogen-bond acceptors (Lipinski definition) is 1. The molecule has 0 aliphatic heterocycles. The molecule has 2 heteroatoms. The van der Waals surface area contributed by atoms with Crippen molar-refractivity contribution in [3.8, 4) is 0 Å². The molecule has 4 rings (SSSR count). The third-order valence-electron chi connectivity index (χ3n) is 5.48. The van der Waals surface area contributed by atoms with Gasteiger partial charge in [-0.15, -0.1) is 0 Å². The lowest BCUT2D eigenvalue weighted by Gasteiger charge is -2.29. The molecule has 0 amide bonds. The SMILES string of the molecule is O=P(c1ccccc1)(c1ccccc1)C1C2CCC1CC2. The topological polar surface area (TPSA) is 17.1 Å². The Bertz CT molecular complexity index is 601. The van der Waals surface area contributed by atoms with E-state index in [4.69, 9.17) is 0 Å². The maximum Gasteiger partial charge on any atom is 0.146 e. The van der Waals surface area contributed by atoms with Gasteiger partial charge in [0.2, 0.25) is 0 Å². The zero-order valence-electron chi connectivity index (χ0n) is 12.2. The summed E-state index contributed by atoms with van der Waals surface area (Å²) in [4.78, 5) is 0. The summed E-state index contributed by atoms with van der Waals surface area (Å²) in [5, 5.41) is 2.11. The van der Waals surface area contributed by atoms with Crippen molar-refractivity contribution in [1.82, 2.24) is 0 Å². The molecular formula is C19H21OP. The van der Waals surface area contributed by atoms with Crippen LogP contribution in [-0.2, 0) is 4.57 Å². The maximum absolute atomic E-state index is 14.3. The lowest BCUT2D eigenvalue weighted by atomic mass is 10.0. The van der Waals surface area contributed by atoms with Crippen molar-refractivity contribution < 1.29 is 4.57 Å². The Morgan fingerprint density at radius 1 is 0.667 bits per heavy atom. The largest absolute Gasteiger partial charge is 0.313 e. The number of rotatable bonds is 3. The van der Waals surface area contributed by atoms with Gasteiger partial charge in [0.1, 0.15) is 7.14 Å². The van der Waals surface area contributed by atoms with Crippen LogP contribution in [0, 0.1) is 11.8 Å². The molecule has 2 aliphatic rings. The number of fused-ring (bicyclic) bond motifs is 2. The van der Waals surface area contributed by atoms with Crippen molar-refractivity contribution in [1.29, 1.82) is 0 Å². The lowest BCUT2D eigenvalue weighted by Crippen LogP contribution is -2.28. The van der Waals surface area contributed by atoms with Crippen molar-refractivity contribution in [3.05, 3.63) is 60.7 Å². The molecule has 2 aromatic rings. The minimum Gasteiger partial charge on any atom is -0.313 e. The highest BCUT2D eigenvalue weighted by Crippen LogP contribution is 2.63. The molecule has 0 radical (unpaired) electrons. The zero-order chi connectivity index (χ0) is 14.3. The Morgan fingerprint density at radius 2 is 1.05 bits per heavy atom. The van der Waals surface area contributed by atoms with E-state index in [-0.39, 0.29) is 0 Å². The quantitative estimate of drug-likeness (QED) is 0.776. The van der Waals surface area contributed by atoms with Crippen molar-refractivity contribution in [2.24, 2.45) is 11.8 Å². The summed E-state index contributed by atoms with van der Waals surface area (Å²) in [6.45, 7) is 0. The van der Waals surface area contributed by atoms with E-state index in [2.05, 4.69) is 24.3 Å². The van der Waals surface area contributed by atoms with Gasteiger partial charge in [0, 0.05) is 16.3 Å². The first-order valence-corrected chi connectivity index (χ1v) is 9.78. The number of hydrogen-bond donors (Lipinski definition) is 0. The second-order valence-corrected chi connectivity index (χ2v) is 9.44. The van der Waals surface area contributed by atoms with Gasteiger partial charge >= 0.3 is 0 Å². The molecule has 0 N–H and O–H groups in total. The first-order valence-electron chi connectivity index (χ1n) is 8.01. The fourth-order valence-electron chi connectivity index (χ4n) is 4.60. The predicted molar refractivity (Wildman–Crippen MR) is 89.0 cm³/mol. The molecule has 0 saturated heterocycles. The summed E-state index contributed by atoms with van der Waals surface area (Å²) in [5.41, 5.74) is 0.377. The third kappa shape index (κ3) is 2.02. The molecule has 2 fully saturated rings. The van der Waals surface area contributed by atoms with Gasteiger partial charge in [-0.25, -0.2) is 0 Å². The smallest absolute Gasteiger partial charge is 0.146 e. The Morgan fingerprint density at radius 3 is 1.43 bits per heavy atom. The normalized spacial score (nSPS) is 27.9. The van der Waals surface area contributed by atoms with Crippen LogP contribution in [-0.4, -0.2) is 5.66 Å². The minimum atomic E-state index is -2.52. The average molecular weight is 296 g/mol. The van der Waals surface area contributed by atoms with E-state index in [9.17, 15) is 4.57 Å². The molecule has 2 aliphatic carbocycles. The molecule has 0 atom stereocenters. The fraction of sp³-hybridized carbons (Fsp3) is 0.368. The summed E-state index contributed by atoms with van der Waals surface area (Å²) in [5.74, 6) is 1.34. The highest BCUT2D eigenvalue weighted by atomic mass is 31.2. The molecule has 108 valence electrons. The Labute approximate surface area is 126 Å². The minimum absolute atomic E-state index is 0.377. The van der Waals surface area contributed by atoms with E-state index in [1.54, 1.807) is 0 Å². The van der Waals surface area contributed by atoms with Gasteiger partial charge in [-0.3, -0.25) is 0 Å². The monoisotopic (exact) mass is 296 g/mol. The van der Waals surface area contributed by atoms with Crippen LogP contribution in [0.4, 0.5) is 0 Å². The van der Waals surface area contributed by atoms with Crippen LogP contribution in [0.3, 0.4) is 0 Å². The fourth-order valence-corrected chi connectivity index (χ4v) is 8.60. The number of benzene rings is 2. The first-order chi connectivity index (χ1) is 10.3. The molecule has 1 nitrogen and oxygen atoms in total. The van der Waals surface area contributed by atoms with Crippen LogP contribution >= 0.6 is 7.14 Å². The van der Waals surface area contributed by atoms with Gasteiger partial charge in [0.25, 0.3) is 0 Å². The average Bonchev–Trinajstić information content (AvgIpc) is 3.17. The van der Waals surface area contributed by atoms with Crippen molar-refractivity contribution in [2.45, 2.75) is 31.3 Å². The molecular weight excluding hydrogens is 275 g/mol. The molecule has 2 aromatic carbocycles. The van der Waals surface area contributed by atoms with Crippen LogP contribution < -0.4 is 10.6 Å². The summed E-state index contributed by atoms with van der Waals surface area (Å²) in [7, 11) is -2.52. The van der Waals surface area contributed by atoms with Crippen molar-refractivity contribution in [3.63, 3.8) is 0 Å². The van der Waals surface area contributed by atoms with E-state index in [0.29, 0.717) is 17.5 Å². The summed E-state index contributed by atoms with van der Waals surface area (Å²) in [6, 6.07) is 20.4. The second-order valence-electron chi connectivity index (χ2n) is 6.49. The predicted octanol–water partition coefficient (Wildman–Crippen LogP) is 4.19. The second kappa shape index (κ2) is 5.14. The van der Waals surface area contributed by atoms with E-state index in [0.717, 1.165) is 10.6 Å². The van der Waals surface area contributed by atoms with Crippen molar-refractivity contribution in [2.75, 3.05) is 0 Å². The molecule has 0 unspecified atom stereocenters. The Balaban J connectivity index is 1.89. The standard InChI is InChI=1S/C19H21OP/c20-21(17-7-3-1-4-8-17,18-9-5-2-6-10-18)19-15-11-12-16(19)14-13-15/h1-10,15-16,19H,11-14H2. The van der Waals surface area contributed by atoms with E-state index < -0.39 is 7.14 Å². The van der Waals surface area contributed by atoms with Crippen LogP contribution in [0.15, 0.2) is 60.7 Å². The molecule has 21 heavy (non-hydrogen) atoms. The van der Waals surface area contributed by atoms with Gasteiger partial charge in [0.15, 0.2) is 0 Å². The van der Waals surface area contributed by atoms with Gasteiger partial charge < -0.3 is 4.57 Å². The summed E-state index contributed by atoms with van der Waals surface area (Å²) >= 11 is 0. The van der Waals surface area contributed by atoms with Crippen LogP contribution in [0.5, 0.6) is 0 Å². The highest BCUT2D eigenvalue weighted by Gasteiger charge is 2.52. The third-order valence-corrected chi connectivity index (χ3v) is 9.30. The van der Waals surface area contributed by atoms with Crippen LogP contribution in [0.1, 0.15) is 25.7 Å². The maximum atomic E-state index is 14.3. The van der Waals surface area contributed by atoms with E-state index in [1.165, 1.54) is 25.7 Å². The first kappa shape index (κ1) is 13.3. The van der Waals surface area contributed by atoms with E-state index in [1.807, 2.05) is 36.4 Å². The summed E-state index contributed by atoms with van der Waals surface area (Å²) < 4.78 is 14.3. The van der Waals surface area contributed by atoms with Gasteiger partial charge in [-0.2, -0.15) is 0 Å². The van der Waals surface area contributed by atoms with Crippen LogP contribution in [0.25, 0.3) is 0 Å². The van der Waals surface area contributed by atoms with E-state index >= 15 is 0 Å².